The van der Waals surface area contributed by atoms with Crippen LogP contribution < -0.4 is 16.4 Å². The standard InChI is InChI=1S/C18H26N2O4.C4H10O.2C2H6.CH5N/c1-11(2)6-16(22)19-14(5)18(23)20-17-12(3)7-15(8-13(17)4)9-24-10-21;1-4(2)3-5;3*1-2/h7-8,10-11,14H,6,9H2,1-5H3,(H,19,22)(H,20,23);4-5H,3H2,1-2H3;2*1-2H3;2H2,1H3. The first-order valence-electron chi connectivity index (χ1n) is 12.5. The van der Waals surface area contributed by atoms with Gasteiger partial charge >= 0.3 is 0 Å². The molecule has 1 aromatic rings. The first kappa shape index (κ1) is 39.8. The van der Waals surface area contributed by atoms with Gasteiger partial charge in [-0.3, -0.25) is 14.4 Å². The van der Waals surface area contributed by atoms with Gasteiger partial charge in [0.1, 0.15) is 12.6 Å². The monoisotopic (exact) mass is 499 g/mol. The van der Waals surface area contributed by atoms with Gasteiger partial charge in [0.2, 0.25) is 11.8 Å². The Kier molecular flexibility index (Phi) is 29.7. The molecule has 206 valence electrons. The van der Waals surface area contributed by atoms with Crippen LogP contribution in [0.5, 0.6) is 0 Å². The van der Waals surface area contributed by atoms with E-state index in [-0.39, 0.29) is 24.3 Å². The number of hydrogen-bond acceptors (Lipinski definition) is 6. The molecule has 2 amide bonds. The Bertz CT molecular complexity index is 654. The zero-order chi connectivity index (χ0) is 28.6. The minimum absolute atomic E-state index is 0.137. The van der Waals surface area contributed by atoms with Crippen molar-refractivity contribution in [3.05, 3.63) is 28.8 Å². The van der Waals surface area contributed by atoms with Crippen molar-refractivity contribution in [2.75, 3.05) is 19.0 Å². The lowest BCUT2D eigenvalue weighted by atomic mass is 10.0. The number of ether oxygens (including phenoxy) is 1. The topological polar surface area (TPSA) is 131 Å². The molecule has 0 saturated carbocycles. The van der Waals surface area contributed by atoms with E-state index in [0.29, 0.717) is 31.1 Å². The summed E-state index contributed by atoms with van der Waals surface area (Å²) in [5.74, 6) is 0.276. The van der Waals surface area contributed by atoms with Gasteiger partial charge in [-0.05, 0) is 56.3 Å². The lowest BCUT2D eigenvalue weighted by Crippen LogP contribution is -2.42. The zero-order valence-electron chi connectivity index (χ0n) is 24.2. The van der Waals surface area contributed by atoms with Gasteiger partial charge in [-0.15, -0.1) is 0 Å². The van der Waals surface area contributed by atoms with Gasteiger partial charge in [0.05, 0.1) is 0 Å². The normalized spacial score (nSPS) is 9.94. The first-order valence-corrected chi connectivity index (χ1v) is 12.5. The second-order valence-electron chi connectivity index (χ2n) is 7.96. The maximum atomic E-state index is 12.3. The number of nitrogens with two attached hydrogens (primary N) is 1. The highest BCUT2D eigenvalue weighted by atomic mass is 16.5. The quantitative estimate of drug-likeness (QED) is 0.363. The Balaban J connectivity index is -0.000000373. The molecule has 35 heavy (non-hydrogen) atoms. The minimum Gasteiger partial charge on any atom is -0.463 e. The van der Waals surface area contributed by atoms with Gasteiger partial charge in [0.15, 0.2) is 0 Å². The maximum Gasteiger partial charge on any atom is 0.293 e. The average Bonchev–Trinajstić information content (AvgIpc) is 2.83. The molecule has 1 unspecified atom stereocenters. The molecule has 0 aliphatic heterocycles. The van der Waals surface area contributed by atoms with Crippen molar-refractivity contribution in [2.45, 2.75) is 95.2 Å². The average molecular weight is 500 g/mol. The van der Waals surface area contributed by atoms with E-state index >= 15 is 0 Å². The third-order valence-corrected chi connectivity index (χ3v) is 3.89. The summed E-state index contributed by atoms with van der Waals surface area (Å²) in [4.78, 5) is 34.3. The van der Waals surface area contributed by atoms with E-state index in [0.717, 1.165) is 16.7 Å². The molecular formula is C27H53N3O5. The molecule has 0 fully saturated rings. The number of carbonyl (C=O) groups excluding carboxylic acids is 3. The zero-order valence-corrected chi connectivity index (χ0v) is 24.2. The number of anilines is 1. The highest BCUT2D eigenvalue weighted by Gasteiger charge is 2.18. The number of aliphatic hydroxyl groups excluding tert-OH is 1. The van der Waals surface area contributed by atoms with Gasteiger partial charge in [0.25, 0.3) is 6.47 Å². The van der Waals surface area contributed by atoms with E-state index in [2.05, 4.69) is 16.4 Å². The van der Waals surface area contributed by atoms with E-state index in [4.69, 9.17) is 9.84 Å². The van der Waals surface area contributed by atoms with Crippen LogP contribution in [0.15, 0.2) is 12.1 Å². The van der Waals surface area contributed by atoms with Gasteiger partial charge in [-0.2, -0.15) is 0 Å². The number of amides is 2. The number of rotatable bonds is 9. The predicted molar refractivity (Wildman–Crippen MR) is 147 cm³/mol. The molecule has 5 N–H and O–H groups in total. The van der Waals surface area contributed by atoms with Crippen molar-refractivity contribution in [3.63, 3.8) is 0 Å². The Labute approximate surface area is 214 Å². The fourth-order valence-corrected chi connectivity index (χ4v) is 2.43. The molecule has 0 aliphatic carbocycles. The highest BCUT2D eigenvalue weighted by molar-refractivity contribution is 5.98. The molecule has 0 radical (unpaired) electrons. The molecule has 0 spiro atoms. The molecular weight excluding hydrogens is 446 g/mol. The summed E-state index contributed by atoms with van der Waals surface area (Å²) in [6.07, 6.45) is 0.390. The van der Waals surface area contributed by atoms with Crippen LogP contribution in [0.1, 0.15) is 85.4 Å². The fourth-order valence-electron chi connectivity index (χ4n) is 2.43. The second-order valence-corrected chi connectivity index (χ2v) is 7.96. The van der Waals surface area contributed by atoms with E-state index in [1.54, 1.807) is 6.92 Å². The van der Waals surface area contributed by atoms with Crippen molar-refractivity contribution in [3.8, 4) is 0 Å². The molecule has 1 rings (SSSR count). The van der Waals surface area contributed by atoms with Crippen LogP contribution in [0.4, 0.5) is 5.69 Å². The number of benzene rings is 1. The van der Waals surface area contributed by atoms with Crippen molar-refractivity contribution in [1.29, 1.82) is 0 Å². The SMILES string of the molecule is CC.CC.CC(C)CO.CN.Cc1cc(COC=O)cc(C)c1NC(=O)C(C)NC(=O)CC(C)C. The van der Waals surface area contributed by atoms with Gasteiger partial charge in [0, 0.05) is 18.7 Å². The summed E-state index contributed by atoms with van der Waals surface area (Å²) in [5.41, 5.74) is 7.80. The molecule has 1 atom stereocenters. The molecule has 0 saturated heterocycles. The summed E-state index contributed by atoms with van der Waals surface area (Å²) in [6, 6.07) is 3.09. The second kappa shape index (κ2) is 26.2. The van der Waals surface area contributed by atoms with Crippen LogP contribution >= 0.6 is 0 Å². The van der Waals surface area contributed by atoms with E-state index in [1.165, 1.54) is 7.05 Å². The van der Waals surface area contributed by atoms with Crippen LogP contribution in [0, 0.1) is 25.7 Å². The van der Waals surface area contributed by atoms with Crippen LogP contribution in [0.25, 0.3) is 0 Å². The summed E-state index contributed by atoms with van der Waals surface area (Å²) in [6.45, 7) is 22.2. The van der Waals surface area contributed by atoms with Crippen LogP contribution in [0.3, 0.4) is 0 Å². The molecule has 8 heteroatoms. The van der Waals surface area contributed by atoms with E-state index in [1.807, 2.05) is 81.4 Å². The maximum absolute atomic E-state index is 12.3. The van der Waals surface area contributed by atoms with Gasteiger partial charge in [-0.25, -0.2) is 0 Å². The number of carbonyl (C=O) groups is 3. The molecule has 0 aromatic heterocycles. The molecule has 0 aliphatic rings. The smallest absolute Gasteiger partial charge is 0.293 e. The molecule has 1 aromatic carbocycles. The lowest BCUT2D eigenvalue weighted by molar-refractivity contribution is -0.129. The fraction of sp³-hybridized carbons (Fsp3) is 0.667. The highest BCUT2D eigenvalue weighted by Crippen LogP contribution is 2.23. The van der Waals surface area contributed by atoms with Crippen molar-refractivity contribution in [1.82, 2.24) is 5.32 Å². The lowest BCUT2D eigenvalue weighted by Gasteiger charge is -2.18. The van der Waals surface area contributed by atoms with Crippen LogP contribution in [0.2, 0.25) is 0 Å². The largest absolute Gasteiger partial charge is 0.463 e. The van der Waals surface area contributed by atoms with Gasteiger partial charge < -0.3 is 26.2 Å². The third kappa shape index (κ3) is 21.8. The molecule has 0 bridgehead atoms. The van der Waals surface area contributed by atoms with Gasteiger partial charge in [-0.1, -0.05) is 67.5 Å². The van der Waals surface area contributed by atoms with Crippen LogP contribution in [-0.4, -0.2) is 43.1 Å². The van der Waals surface area contributed by atoms with Crippen molar-refractivity contribution in [2.24, 2.45) is 17.6 Å². The summed E-state index contributed by atoms with van der Waals surface area (Å²) in [5, 5.41) is 13.7. The number of aliphatic hydroxyl groups is 1. The molecule has 8 nitrogen and oxygen atoms in total. The Morgan fingerprint density at radius 2 is 1.40 bits per heavy atom. The third-order valence-electron chi connectivity index (χ3n) is 3.89. The summed E-state index contributed by atoms with van der Waals surface area (Å²) in [7, 11) is 1.50. The van der Waals surface area contributed by atoms with E-state index < -0.39 is 6.04 Å². The first-order chi connectivity index (χ1) is 16.5. The van der Waals surface area contributed by atoms with Crippen LogP contribution in [-0.2, 0) is 25.7 Å². The Morgan fingerprint density at radius 1 is 0.971 bits per heavy atom. The summed E-state index contributed by atoms with van der Waals surface area (Å²) < 4.78 is 4.75. The number of nitrogens with one attached hydrogen (secondary N) is 2. The van der Waals surface area contributed by atoms with Crippen molar-refractivity contribution < 1.29 is 24.2 Å². The number of aryl methyl sites for hydroxylation is 2. The Morgan fingerprint density at radius 3 is 1.74 bits per heavy atom. The van der Waals surface area contributed by atoms with E-state index in [9.17, 15) is 14.4 Å². The minimum atomic E-state index is -0.617. The van der Waals surface area contributed by atoms with Crippen molar-refractivity contribution >= 4 is 24.0 Å². The number of hydrogen-bond donors (Lipinski definition) is 4. The Hall–Kier alpha value is -2.45. The summed E-state index contributed by atoms with van der Waals surface area (Å²) >= 11 is 0. The molecule has 0 heterocycles. The predicted octanol–water partition coefficient (Wildman–Crippen LogP) is 4.73.